The van der Waals surface area contributed by atoms with Gasteiger partial charge in [-0.3, -0.25) is 4.79 Å². The number of amides is 1. The summed E-state index contributed by atoms with van der Waals surface area (Å²) in [4.78, 5) is 13.8. The minimum Gasteiger partial charge on any atom is -0.484 e. The van der Waals surface area contributed by atoms with Gasteiger partial charge in [0.15, 0.2) is 6.61 Å². The predicted molar refractivity (Wildman–Crippen MR) is 72.4 cm³/mol. The van der Waals surface area contributed by atoms with Crippen LogP contribution < -0.4 is 4.74 Å². The van der Waals surface area contributed by atoms with E-state index in [0.717, 1.165) is 19.4 Å². The van der Waals surface area contributed by atoms with Gasteiger partial charge in [0.05, 0.1) is 0 Å². The fourth-order valence-corrected chi connectivity index (χ4v) is 2.53. The zero-order valence-electron chi connectivity index (χ0n) is 9.94. The summed E-state index contributed by atoms with van der Waals surface area (Å²) in [6, 6.07) is 7.13. The number of carbonyl (C=O) groups excluding carboxylic acids is 1. The molecule has 0 saturated carbocycles. The summed E-state index contributed by atoms with van der Waals surface area (Å²) in [5.74, 6) is 1.13. The Hall–Kier alpha value is -0.930. The second kappa shape index (κ2) is 6.30. The van der Waals surface area contributed by atoms with Crippen LogP contribution in [0.1, 0.15) is 12.8 Å². The van der Waals surface area contributed by atoms with Crippen LogP contribution in [0.15, 0.2) is 24.3 Å². The fourth-order valence-electron chi connectivity index (χ4n) is 2.08. The van der Waals surface area contributed by atoms with Gasteiger partial charge in [-0.25, -0.2) is 0 Å². The summed E-state index contributed by atoms with van der Waals surface area (Å²) < 4.78 is 5.44. The maximum Gasteiger partial charge on any atom is 0.260 e. The minimum atomic E-state index is -0.00639. The Morgan fingerprint density at radius 3 is 2.78 bits per heavy atom. The highest BCUT2D eigenvalue weighted by Crippen LogP contribution is 2.19. The molecule has 18 heavy (non-hydrogen) atoms. The van der Waals surface area contributed by atoms with Gasteiger partial charge in [-0.05, 0) is 37.1 Å². The van der Waals surface area contributed by atoms with Crippen LogP contribution in [-0.4, -0.2) is 35.9 Å². The van der Waals surface area contributed by atoms with Crippen molar-refractivity contribution in [3.8, 4) is 5.75 Å². The standard InChI is InChI=1S/C13H15Cl2NO2/c14-8-11-2-1-7-16(11)13(17)9-18-12-5-3-10(15)4-6-12/h3-6,11H,1-2,7-9H2/t11-/m0/s1. The fraction of sp³-hybridized carbons (Fsp3) is 0.462. The molecule has 0 spiro atoms. The molecule has 0 N–H and O–H groups in total. The highest BCUT2D eigenvalue weighted by atomic mass is 35.5. The van der Waals surface area contributed by atoms with Crippen molar-refractivity contribution in [1.29, 1.82) is 0 Å². The first-order valence-electron chi connectivity index (χ1n) is 5.94. The molecule has 1 aliphatic heterocycles. The molecule has 2 rings (SSSR count). The molecule has 0 radical (unpaired) electrons. The Balaban J connectivity index is 1.86. The summed E-state index contributed by atoms with van der Waals surface area (Å²) in [7, 11) is 0. The van der Waals surface area contributed by atoms with Gasteiger partial charge in [0.1, 0.15) is 5.75 Å². The average Bonchev–Trinajstić information content (AvgIpc) is 2.86. The van der Waals surface area contributed by atoms with Crippen molar-refractivity contribution in [2.75, 3.05) is 19.0 Å². The summed E-state index contributed by atoms with van der Waals surface area (Å²) in [5.41, 5.74) is 0. The Bertz CT molecular complexity index is 408. The van der Waals surface area contributed by atoms with Crippen LogP contribution in [0.2, 0.25) is 5.02 Å². The number of ether oxygens (including phenoxy) is 1. The molecule has 0 aliphatic carbocycles. The zero-order chi connectivity index (χ0) is 13.0. The first-order chi connectivity index (χ1) is 8.70. The van der Waals surface area contributed by atoms with Crippen LogP contribution in [0, 0.1) is 0 Å². The molecule has 1 fully saturated rings. The number of hydrogen-bond donors (Lipinski definition) is 0. The Morgan fingerprint density at radius 2 is 2.11 bits per heavy atom. The number of likely N-dealkylation sites (tertiary alicyclic amines) is 1. The van der Waals surface area contributed by atoms with Gasteiger partial charge in [0.25, 0.3) is 5.91 Å². The molecule has 0 bridgehead atoms. The van der Waals surface area contributed by atoms with E-state index in [2.05, 4.69) is 0 Å². The molecule has 1 aromatic rings. The van der Waals surface area contributed by atoms with Gasteiger partial charge < -0.3 is 9.64 Å². The van der Waals surface area contributed by atoms with E-state index >= 15 is 0 Å². The Labute approximate surface area is 117 Å². The smallest absolute Gasteiger partial charge is 0.260 e. The van der Waals surface area contributed by atoms with Gasteiger partial charge in [-0.1, -0.05) is 11.6 Å². The maximum absolute atomic E-state index is 12.0. The SMILES string of the molecule is O=C(COc1ccc(Cl)cc1)N1CCC[C@H]1CCl. The van der Waals surface area contributed by atoms with E-state index in [1.807, 2.05) is 4.90 Å². The van der Waals surface area contributed by atoms with Crippen molar-refractivity contribution in [2.45, 2.75) is 18.9 Å². The number of carbonyl (C=O) groups is 1. The number of rotatable bonds is 4. The third-order valence-corrected chi connectivity index (χ3v) is 3.66. The quantitative estimate of drug-likeness (QED) is 0.797. The van der Waals surface area contributed by atoms with E-state index in [0.29, 0.717) is 16.7 Å². The van der Waals surface area contributed by atoms with E-state index in [1.54, 1.807) is 24.3 Å². The second-order valence-electron chi connectivity index (χ2n) is 4.28. The van der Waals surface area contributed by atoms with E-state index in [4.69, 9.17) is 27.9 Å². The third-order valence-electron chi connectivity index (χ3n) is 3.05. The van der Waals surface area contributed by atoms with Crippen molar-refractivity contribution in [3.63, 3.8) is 0 Å². The minimum absolute atomic E-state index is 0.00639. The number of halogens is 2. The monoisotopic (exact) mass is 287 g/mol. The summed E-state index contributed by atoms with van der Waals surface area (Å²) >= 11 is 11.6. The highest BCUT2D eigenvalue weighted by molar-refractivity contribution is 6.30. The second-order valence-corrected chi connectivity index (χ2v) is 5.03. The van der Waals surface area contributed by atoms with Crippen LogP contribution in [0.4, 0.5) is 0 Å². The third kappa shape index (κ3) is 3.30. The van der Waals surface area contributed by atoms with Crippen LogP contribution in [0.25, 0.3) is 0 Å². The molecule has 1 amide bonds. The van der Waals surface area contributed by atoms with Crippen LogP contribution >= 0.6 is 23.2 Å². The molecule has 5 heteroatoms. The first-order valence-corrected chi connectivity index (χ1v) is 6.86. The molecule has 1 heterocycles. The lowest BCUT2D eigenvalue weighted by Crippen LogP contribution is -2.39. The molecule has 1 saturated heterocycles. The molecule has 3 nitrogen and oxygen atoms in total. The molecule has 98 valence electrons. The average molecular weight is 288 g/mol. The Morgan fingerprint density at radius 1 is 1.39 bits per heavy atom. The normalized spacial score (nSPS) is 19.0. The van der Waals surface area contributed by atoms with Crippen LogP contribution in [0.3, 0.4) is 0 Å². The van der Waals surface area contributed by atoms with Crippen molar-refractivity contribution < 1.29 is 9.53 Å². The van der Waals surface area contributed by atoms with E-state index < -0.39 is 0 Å². The van der Waals surface area contributed by atoms with Gasteiger partial charge in [-0.15, -0.1) is 11.6 Å². The molecular formula is C13H15Cl2NO2. The van der Waals surface area contributed by atoms with E-state index in [-0.39, 0.29) is 18.6 Å². The Kier molecular flexibility index (Phi) is 4.72. The summed E-state index contributed by atoms with van der Waals surface area (Å²) in [6.45, 7) is 0.829. The van der Waals surface area contributed by atoms with Gasteiger partial charge >= 0.3 is 0 Å². The molecule has 1 aromatic carbocycles. The number of benzene rings is 1. The molecule has 1 atom stereocenters. The van der Waals surface area contributed by atoms with Crippen molar-refractivity contribution in [2.24, 2.45) is 0 Å². The number of nitrogens with zero attached hydrogens (tertiary/aromatic N) is 1. The lowest BCUT2D eigenvalue weighted by atomic mass is 10.2. The van der Waals surface area contributed by atoms with Gasteiger partial charge in [0, 0.05) is 23.5 Å². The van der Waals surface area contributed by atoms with Crippen LogP contribution in [-0.2, 0) is 4.79 Å². The predicted octanol–water partition coefficient (Wildman–Crippen LogP) is 2.95. The summed E-state index contributed by atoms with van der Waals surface area (Å²) in [5, 5.41) is 0.649. The largest absolute Gasteiger partial charge is 0.484 e. The number of alkyl halides is 1. The topological polar surface area (TPSA) is 29.5 Å². The van der Waals surface area contributed by atoms with Crippen molar-refractivity contribution in [3.05, 3.63) is 29.3 Å². The van der Waals surface area contributed by atoms with Crippen molar-refractivity contribution >= 4 is 29.1 Å². The zero-order valence-corrected chi connectivity index (χ0v) is 11.5. The number of hydrogen-bond acceptors (Lipinski definition) is 2. The van der Waals surface area contributed by atoms with Crippen molar-refractivity contribution in [1.82, 2.24) is 4.90 Å². The maximum atomic E-state index is 12.0. The summed E-state index contributed by atoms with van der Waals surface area (Å²) in [6.07, 6.45) is 2.00. The highest BCUT2D eigenvalue weighted by Gasteiger charge is 2.27. The van der Waals surface area contributed by atoms with E-state index in [9.17, 15) is 4.79 Å². The van der Waals surface area contributed by atoms with Gasteiger partial charge in [-0.2, -0.15) is 0 Å². The molecule has 1 aliphatic rings. The molecule has 0 aromatic heterocycles. The first kappa shape index (κ1) is 13.5. The lowest BCUT2D eigenvalue weighted by molar-refractivity contribution is -0.133. The van der Waals surface area contributed by atoms with Gasteiger partial charge in [0.2, 0.25) is 0 Å². The molecule has 0 unspecified atom stereocenters. The lowest BCUT2D eigenvalue weighted by Gasteiger charge is -2.22. The van der Waals surface area contributed by atoms with E-state index in [1.165, 1.54) is 0 Å². The van der Waals surface area contributed by atoms with Crippen LogP contribution in [0.5, 0.6) is 5.75 Å². The molecular weight excluding hydrogens is 273 g/mol.